The van der Waals surface area contributed by atoms with Gasteiger partial charge in [-0.15, -0.1) is 0 Å². The van der Waals surface area contributed by atoms with E-state index in [9.17, 15) is 0 Å². The summed E-state index contributed by atoms with van der Waals surface area (Å²) >= 11 is 0. The van der Waals surface area contributed by atoms with Gasteiger partial charge in [0.1, 0.15) is 11.4 Å². The van der Waals surface area contributed by atoms with E-state index >= 15 is 0 Å². The summed E-state index contributed by atoms with van der Waals surface area (Å²) in [7, 11) is 0. The van der Waals surface area contributed by atoms with Crippen molar-refractivity contribution < 1.29 is 4.74 Å². The highest BCUT2D eigenvalue weighted by molar-refractivity contribution is 5.32. The van der Waals surface area contributed by atoms with Crippen LogP contribution in [0, 0.1) is 6.92 Å². The first-order chi connectivity index (χ1) is 8.57. The van der Waals surface area contributed by atoms with Crippen LogP contribution in [0.4, 0.5) is 0 Å². The van der Waals surface area contributed by atoms with Gasteiger partial charge < -0.3 is 10.1 Å². The van der Waals surface area contributed by atoms with Gasteiger partial charge in [0.2, 0.25) is 0 Å². The molecule has 1 aliphatic heterocycles. The van der Waals surface area contributed by atoms with Crippen LogP contribution in [0.5, 0.6) is 5.75 Å². The van der Waals surface area contributed by atoms with E-state index in [4.69, 9.17) is 4.74 Å². The lowest BCUT2D eigenvalue weighted by atomic mass is 10.1. The van der Waals surface area contributed by atoms with E-state index in [1.807, 2.05) is 12.1 Å². The molecule has 1 aromatic rings. The number of hydrogen-bond acceptors (Lipinski definition) is 3. The molecule has 1 aliphatic rings. The van der Waals surface area contributed by atoms with Crippen molar-refractivity contribution in [2.24, 2.45) is 0 Å². The third kappa shape index (κ3) is 3.72. The van der Waals surface area contributed by atoms with Crippen LogP contribution in [-0.4, -0.2) is 43.2 Å². The largest absolute Gasteiger partial charge is 0.486 e. The Morgan fingerprint density at radius 1 is 1.22 bits per heavy atom. The molecule has 0 saturated carbocycles. The molecule has 0 unspecified atom stereocenters. The first kappa shape index (κ1) is 13.4. The lowest BCUT2D eigenvalue weighted by Gasteiger charge is -2.35. The molecule has 0 spiro atoms. The predicted molar refractivity (Wildman–Crippen MR) is 75.2 cm³/mol. The molecule has 0 aliphatic carbocycles. The van der Waals surface area contributed by atoms with Crippen molar-refractivity contribution in [1.82, 2.24) is 10.2 Å². The first-order valence-corrected chi connectivity index (χ1v) is 6.74. The fraction of sp³-hybridized carbons (Fsp3) is 0.600. The fourth-order valence-corrected chi connectivity index (χ4v) is 2.41. The van der Waals surface area contributed by atoms with Gasteiger partial charge in [0.05, 0.1) is 0 Å². The molecule has 2 rings (SSSR count). The quantitative estimate of drug-likeness (QED) is 0.882. The third-order valence-corrected chi connectivity index (χ3v) is 3.29. The SMILES string of the molecule is Cc1ccccc1OC(C)(C)CN1CCNCC1. The molecule has 1 fully saturated rings. The Kier molecular flexibility index (Phi) is 4.25. The molecule has 1 saturated heterocycles. The lowest BCUT2D eigenvalue weighted by molar-refractivity contribution is 0.0541. The van der Waals surface area contributed by atoms with Crippen molar-refractivity contribution in [3.63, 3.8) is 0 Å². The van der Waals surface area contributed by atoms with Gasteiger partial charge in [0.25, 0.3) is 0 Å². The smallest absolute Gasteiger partial charge is 0.123 e. The Labute approximate surface area is 110 Å². The van der Waals surface area contributed by atoms with Gasteiger partial charge in [-0.1, -0.05) is 18.2 Å². The third-order valence-electron chi connectivity index (χ3n) is 3.29. The minimum Gasteiger partial charge on any atom is -0.486 e. The molecule has 1 aromatic carbocycles. The minimum absolute atomic E-state index is 0.149. The van der Waals surface area contributed by atoms with Gasteiger partial charge >= 0.3 is 0 Å². The molecule has 0 amide bonds. The van der Waals surface area contributed by atoms with Crippen LogP contribution in [0.1, 0.15) is 19.4 Å². The fourth-order valence-electron chi connectivity index (χ4n) is 2.41. The Hall–Kier alpha value is -1.06. The zero-order valence-electron chi connectivity index (χ0n) is 11.7. The van der Waals surface area contributed by atoms with Crippen molar-refractivity contribution in [2.45, 2.75) is 26.4 Å². The monoisotopic (exact) mass is 248 g/mol. The van der Waals surface area contributed by atoms with E-state index in [2.05, 4.69) is 43.1 Å². The zero-order chi connectivity index (χ0) is 13.0. The van der Waals surface area contributed by atoms with Gasteiger partial charge in [-0.2, -0.15) is 0 Å². The Bertz CT molecular complexity index is 384. The van der Waals surface area contributed by atoms with Crippen LogP contribution in [-0.2, 0) is 0 Å². The summed E-state index contributed by atoms with van der Waals surface area (Å²) in [5.74, 6) is 0.998. The highest BCUT2D eigenvalue weighted by Crippen LogP contribution is 2.23. The van der Waals surface area contributed by atoms with Gasteiger partial charge in [0.15, 0.2) is 0 Å². The van der Waals surface area contributed by atoms with Crippen molar-refractivity contribution in [2.75, 3.05) is 32.7 Å². The molecule has 3 heteroatoms. The van der Waals surface area contributed by atoms with Gasteiger partial charge in [-0.25, -0.2) is 0 Å². The second kappa shape index (κ2) is 5.72. The summed E-state index contributed by atoms with van der Waals surface area (Å²) in [5.41, 5.74) is 1.05. The van der Waals surface area contributed by atoms with Crippen molar-refractivity contribution in [3.05, 3.63) is 29.8 Å². The van der Waals surface area contributed by atoms with Crippen LogP contribution < -0.4 is 10.1 Å². The molecule has 0 bridgehead atoms. The number of aryl methyl sites for hydroxylation is 1. The van der Waals surface area contributed by atoms with Crippen molar-refractivity contribution in [3.8, 4) is 5.75 Å². The summed E-state index contributed by atoms with van der Waals surface area (Å²) in [5, 5.41) is 3.38. The summed E-state index contributed by atoms with van der Waals surface area (Å²) in [6, 6.07) is 8.22. The standard InChI is InChI=1S/C15H24N2O/c1-13-6-4-5-7-14(13)18-15(2,3)12-17-10-8-16-9-11-17/h4-7,16H,8-12H2,1-3H3. The Balaban J connectivity index is 1.96. The second-order valence-corrected chi connectivity index (χ2v) is 5.65. The van der Waals surface area contributed by atoms with E-state index < -0.39 is 0 Å². The van der Waals surface area contributed by atoms with Crippen LogP contribution in [0.15, 0.2) is 24.3 Å². The minimum atomic E-state index is -0.149. The number of hydrogen-bond donors (Lipinski definition) is 1. The second-order valence-electron chi connectivity index (χ2n) is 5.65. The summed E-state index contributed by atoms with van der Waals surface area (Å²) in [6.45, 7) is 11.8. The highest BCUT2D eigenvalue weighted by Gasteiger charge is 2.25. The number of nitrogens with one attached hydrogen (secondary N) is 1. The molecule has 0 atom stereocenters. The molecule has 0 aromatic heterocycles. The maximum Gasteiger partial charge on any atom is 0.123 e. The van der Waals surface area contributed by atoms with Crippen LogP contribution in [0.3, 0.4) is 0 Å². The highest BCUT2D eigenvalue weighted by atomic mass is 16.5. The molecule has 100 valence electrons. The summed E-state index contributed by atoms with van der Waals surface area (Å²) < 4.78 is 6.17. The van der Waals surface area contributed by atoms with Crippen molar-refractivity contribution >= 4 is 0 Å². The normalized spacial score (nSPS) is 17.7. The average Bonchev–Trinajstić information content (AvgIpc) is 2.32. The van der Waals surface area contributed by atoms with E-state index in [1.165, 1.54) is 5.56 Å². The lowest BCUT2D eigenvalue weighted by Crippen LogP contribution is -2.50. The van der Waals surface area contributed by atoms with E-state index in [-0.39, 0.29) is 5.60 Å². The van der Waals surface area contributed by atoms with Crippen LogP contribution in [0.25, 0.3) is 0 Å². The molecular weight excluding hydrogens is 224 g/mol. The number of nitrogens with zero attached hydrogens (tertiary/aromatic N) is 1. The number of rotatable bonds is 4. The maximum absolute atomic E-state index is 6.17. The summed E-state index contributed by atoms with van der Waals surface area (Å²) in [4.78, 5) is 2.47. The predicted octanol–water partition coefficient (Wildman–Crippen LogP) is 2.06. The molecular formula is C15H24N2O. The van der Waals surface area contributed by atoms with Crippen molar-refractivity contribution in [1.29, 1.82) is 0 Å². The Morgan fingerprint density at radius 2 is 1.89 bits per heavy atom. The molecule has 18 heavy (non-hydrogen) atoms. The molecule has 1 N–H and O–H groups in total. The summed E-state index contributed by atoms with van der Waals surface area (Å²) in [6.07, 6.45) is 0. The molecule has 0 radical (unpaired) electrons. The van der Waals surface area contributed by atoms with E-state index in [0.717, 1.165) is 38.5 Å². The van der Waals surface area contributed by atoms with Crippen LogP contribution in [0.2, 0.25) is 0 Å². The maximum atomic E-state index is 6.17. The van der Waals surface area contributed by atoms with Gasteiger partial charge in [0, 0.05) is 32.7 Å². The topological polar surface area (TPSA) is 24.5 Å². The molecule has 3 nitrogen and oxygen atoms in total. The number of ether oxygens (including phenoxy) is 1. The Morgan fingerprint density at radius 3 is 2.56 bits per heavy atom. The number of benzene rings is 1. The van der Waals surface area contributed by atoms with Gasteiger partial charge in [-0.05, 0) is 32.4 Å². The number of piperazine rings is 1. The zero-order valence-corrected chi connectivity index (χ0v) is 11.7. The average molecular weight is 248 g/mol. The number of para-hydroxylation sites is 1. The van der Waals surface area contributed by atoms with E-state index in [1.54, 1.807) is 0 Å². The van der Waals surface area contributed by atoms with Crippen LogP contribution >= 0.6 is 0 Å². The molecule has 1 heterocycles. The first-order valence-electron chi connectivity index (χ1n) is 6.74. The van der Waals surface area contributed by atoms with Gasteiger partial charge in [-0.3, -0.25) is 4.90 Å². The van der Waals surface area contributed by atoms with E-state index in [0.29, 0.717) is 0 Å².